The van der Waals surface area contributed by atoms with Crippen LogP contribution < -0.4 is 5.32 Å². The molecule has 0 saturated carbocycles. The van der Waals surface area contributed by atoms with Crippen LogP contribution in [0.2, 0.25) is 10.0 Å². The Balaban J connectivity index is 1.33. The lowest BCUT2D eigenvalue weighted by Crippen LogP contribution is -2.31. The van der Waals surface area contributed by atoms with Gasteiger partial charge in [-0.15, -0.1) is 10.2 Å². The molecule has 1 aliphatic heterocycles. The molecule has 0 saturated heterocycles. The Bertz CT molecular complexity index is 1190. The Hall–Kier alpha value is -3.07. The fraction of sp³-hybridized carbons (Fsp3) is 0.0952. The second-order valence-electron chi connectivity index (χ2n) is 6.55. The van der Waals surface area contributed by atoms with Crippen LogP contribution in [-0.2, 0) is 11.2 Å². The lowest BCUT2D eigenvalue weighted by Gasteiger charge is -2.11. The Morgan fingerprint density at radius 1 is 1.03 bits per heavy atom. The zero-order chi connectivity index (χ0) is 22.0. The second kappa shape index (κ2) is 8.97. The number of fused-ring (bicyclic) bond motifs is 1. The third-order valence-corrected chi connectivity index (χ3v) is 6.13. The first-order chi connectivity index (χ1) is 14.9. The molecule has 1 aliphatic rings. The fourth-order valence-corrected chi connectivity index (χ4v) is 4.03. The van der Waals surface area contributed by atoms with Gasteiger partial charge in [0.15, 0.2) is 0 Å². The summed E-state index contributed by atoms with van der Waals surface area (Å²) >= 11 is 13.0. The average Bonchev–Trinajstić information content (AvgIpc) is 3.30. The lowest BCUT2D eigenvalue weighted by molar-refractivity contribution is -0.111. The number of imide groups is 1. The molecule has 7 nitrogen and oxygen atoms in total. The normalized spacial score (nSPS) is 13.2. The molecule has 0 fully saturated rings. The molecule has 31 heavy (non-hydrogen) atoms. The highest BCUT2D eigenvalue weighted by molar-refractivity contribution is 7.15. The number of benzene rings is 2. The minimum absolute atomic E-state index is 0.187. The number of nitrogens with one attached hydrogen (secondary N) is 1. The topological polar surface area (TPSA) is 92.3 Å². The molecular formula is C21H14Cl2N4O3S. The van der Waals surface area contributed by atoms with Gasteiger partial charge in [0.1, 0.15) is 5.01 Å². The summed E-state index contributed by atoms with van der Waals surface area (Å²) in [6.45, 7) is 0.187. The summed E-state index contributed by atoms with van der Waals surface area (Å²) in [6.07, 6.45) is 3.29. The molecule has 4 rings (SSSR count). The Labute approximate surface area is 191 Å². The van der Waals surface area contributed by atoms with Gasteiger partial charge in [0.2, 0.25) is 11.0 Å². The molecule has 3 amide bonds. The fourth-order valence-electron chi connectivity index (χ4n) is 2.99. The van der Waals surface area contributed by atoms with Gasteiger partial charge in [-0.2, -0.15) is 0 Å². The number of anilines is 1. The van der Waals surface area contributed by atoms with Gasteiger partial charge in [0, 0.05) is 19.0 Å². The number of hydrogen-bond donors (Lipinski definition) is 1. The van der Waals surface area contributed by atoms with Gasteiger partial charge in [-0.05, 0) is 35.9 Å². The van der Waals surface area contributed by atoms with Crippen molar-refractivity contribution in [3.63, 3.8) is 0 Å². The minimum Gasteiger partial charge on any atom is -0.297 e. The first-order valence-electron chi connectivity index (χ1n) is 9.14. The Morgan fingerprint density at radius 3 is 2.42 bits per heavy atom. The third kappa shape index (κ3) is 4.66. The van der Waals surface area contributed by atoms with E-state index in [2.05, 4.69) is 15.5 Å². The quantitative estimate of drug-likeness (QED) is 0.425. The van der Waals surface area contributed by atoms with Crippen LogP contribution in [0.1, 0.15) is 31.3 Å². The molecule has 3 aromatic rings. The van der Waals surface area contributed by atoms with Crippen molar-refractivity contribution in [2.45, 2.75) is 6.42 Å². The highest BCUT2D eigenvalue weighted by Gasteiger charge is 2.34. The molecule has 2 heterocycles. The number of carbonyl (C=O) groups is 3. The zero-order valence-corrected chi connectivity index (χ0v) is 18.2. The molecule has 0 unspecified atom stereocenters. The van der Waals surface area contributed by atoms with Gasteiger partial charge in [0.25, 0.3) is 11.8 Å². The van der Waals surface area contributed by atoms with Crippen molar-refractivity contribution >= 4 is 63.5 Å². The average molecular weight is 473 g/mol. The zero-order valence-electron chi connectivity index (χ0n) is 15.8. The summed E-state index contributed by atoms with van der Waals surface area (Å²) in [7, 11) is 0. The highest BCUT2D eigenvalue weighted by atomic mass is 35.5. The molecule has 1 N–H and O–H groups in total. The minimum atomic E-state index is -0.380. The van der Waals surface area contributed by atoms with E-state index in [4.69, 9.17) is 23.2 Å². The molecule has 0 bridgehead atoms. The molecule has 0 atom stereocenters. The van der Waals surface area contributed by atoms with Crippen LogP contribution in [0.25, 0.3) is 6.08 Å². The molecule has 1 aromatic heterocycles. The number of hydrogen-bond acceptors (Lipinski definition) is 6. The van der Waals surface area contributed by atoms with E-state index < -0.39 is 0 Å². The van der Waals surface area contributed by atoms with E-state index in [1.807, 2.05) is 0 Å². The van der Waals surface area contributed by atoms with Crippen molar-refractivity contribution in [1.82, 2.24) is 15.1 Å². The van der Waals surface area contributed by atoms with Gasteiger partial charge < -0.3 is 0 Å². The first-order valence-corrected chi connectivity index (χ1v) is 10.7. The summed E-state index contributed by atoms with van der Waals surface area (Å²) in [5, 5.41) is 12.3. The Kier molecular flexibility index (Phi) is 6.13. The van der Waals surface area contributed by atoms with Gasteiger partial charge in [0.05, 0.1) is 21.2 Å². The van der Waals surface area contributed by atoms with E-state index >= 15 is 0 Å². The molecular weight excluding hydrogens is 459 g/mol. The summed E-state index contributed by atoms with van der Waals surface area (Å²) in [5.74, 6) is -1.01. The van der Waals surface area contributed by atoms with Crippen LogP contribution in [0.5, 0.6) is 0 Å². The maximum Gasteiger partial charge on any atom is 0.261 e. The number of amides is 3. The third-order valence-electron chi connectivity index (χ3n) is 4.50. The summed E-state index contributed by atoms with van der Waals surface area (Å²) in [6, 6.07) is 11.8. The van der Waals surface area contributed by atoms with Crippen LogP contribution >= 0.6 is 34.5 Å². The van der Waals surface area contributed by atoms with Crippen molar-refractivity contribution in [3.8, 4) is 0 Å². The van der Waals surface area contributed by atoms with Crippen molar-refractivity contribution in [3.05, 3.63) is 80.3 Å². The Morgan fingerprint density at radius 2 is 1.74 bits per heavy atom. The van der Waals surface area contributed by atoms with E-state index in [9.17, 15) is 14.4 Å². The lowest BCUT2D eigenvalue weighted by atomic mass is 10.1. The van der Waals surface area contributed by atoms with Gasteiger partial charge >= 0.3 is 0 Å². The van der Waals surface area contributed by atoms with E-state index in [1.165, 1.54) is 22.3 Å². The van der Waals surface area contributed by atoms with Crippen molar-refractivity contribution < 1.29 is 14.4 Å². The monoisotopic (exact) mass is 472 g/mol. The SMILES string of the molecule is O=C(/C=C/c1ccc(Cl)c(Cl)c1)Nc1nnc(CCN2C(=O)c3ccccc3C2=O)s1. The number of aromatic nitrogens is 2. The van der Waals surface area contributed by atoms with Crippen molar-refractivity contribution in [2.75, 3.05) is 11.9 Å². The first kappa shape index (κ1) is 21.2. The highest BCUT2D eigenvalue weighted by Crippen LogP contribution is 2.24. The molecule has 156 valence electrons. The maximum absolute atomic E-state index is 12.4. The molecule has 10 heteroatoms. The van der Waals surface area contributed by atoms with Crippen LogP contribution in [0.4, 0.5) is 5.13 Å². The van der Waals surface area contributed by atoms with E-state index in [0.717, 1.165) is 5.56 Å². The second-order valence-corrected chi connectivity index (χ2v) is 8.43. The van der Waals surface area contributed by atoms with Crippen molar-refractivity contribution in [2.24, 2.45) is 0 Å². The molecule has 0 spiro atoms. The van der Waals surface area contributed by atoms with E-state index in [1.54, 1.807) is 48.5 Å². The summed E-state index contributed by atoms with van der Waals surface area (Å²) < 4.78 is 0. The van der Waals surface area contributed by atoms with Gasteiger partial charge in [-0.25, -0.2) is 0 Å². The van der Waals surface area contributed by atoms with E-state index in [-0.39, 0.29) is 24.3 Å². The summed E-state index contributed by atoms with van der Waals surface area (Å²) in [4.78, 5) is 38.1. The molecule has 0 aliphatic carbocycles. The number of nitrogens with zero attached hydrogens (tertiary/aromatic N) is 3. The van der Waals surface area contributed by atoms with Crippen LogP contribution in [0.15, 0.2) is 48.5 Å². The van der Waals surface area contributed by atoms with Gasteiger partial charge in [-0.1, -0.05) is 52.7 Å². The largest absolute Gasteiger partial charge is 0.297 e. The molecule has 2 aromatic carbocycles. The van der Waals surface area contributed by atoms with Crippen LogP contribution in [0.3, 0.4) is 0 Å². The van der Waals surface area contributed by atoms with Crippen LogP contribution in [0, 0.1) is 0 Å². The molecule has 0 radical (unpaired) electrons. The predicted octanol–water partition coefficient (Wildman–Crippen LogP) is 4.34. The predicted molar refractivity (Wildman–Crippen MR) is 120 cm³/mol. The summed E-state index contributed by atoms with van der Waals surface area (Å²) in [5.41, 5.74) is 1.54. The smallest absolute Gasteiger partial charge is 0.261 e. The van der Waals surface area contributed by atoms with E-state index in [0.29, 0.717) is 37.7 Å². The van der Waals surface area contributed by atoms with Crippen molar-refractivity contribution in [1.29, 1.82) is 0 Å². The van der Waals surface area contributed by atoms with Crippen LogP contribution in [-0.4, -0.2) is 39.4 Å². The standard InChI is InChI=1S/C21H14Cl2N4O3S/c22-15-7-5-12(11-16(15)23)6-8-17(28)24-21-26-25-18(31-21)9-10-27-19(29)13-3-1-2-4-14(13)20(27)30/h1-8,11H,9-10H2,(H,24,26,28)/b8-6+. The maximum atomic E-state index is 12.4. The van der Waals surface area contributed by atoms with Gasteiger partial charge in [-0.3, -0.25) is 24.6 Å². The number of carbonyl (C=O) groups excluding carboxylic acids is 3. The number of rotatable bonds is 6. The number of halogens is 2.